The van der Waals surface area contributed by atoms with E-state index in [0.717, 1.165) is 21.6 Å². The zero-order valence-electron chi connectivity index (χ0n) is 17.5. The quantitative estimate of drug-likeness (QED) is 0.463. The summed E-state index contributed by atoms with van der Waals surface area (Å²) in [5.74, 6) is -0.371. The monoisotopic (exact) mass is 445 g/mol. The molecule has 0 saturated heterocycles. The number of rotatable bonds is 9. The number of aryl methyl sites for hydroxylation is 2. The highest BCUT2D eigenvalue weighted by Crippen LogP contribution is 2.26. The van der Waals surface area contributed by atoms with Gasteiger partial charge in [-0.25, -0.2) is 8.42 Å². The molecule has 0 aliphatic heterocycles. The van der Waals surface area contributed by atoms with Crippen LogP contribution in [0.4, 0.5) is 5.69 Å². The Hall–Kier alpha value is -2.58. The number of benzene rings is 2. The van der Waals surface area contributed by atoms with Gasteiger partial charge in [-0.3, -0.25) is 14.5 Å². The van der Waals surface area contributed by atoms with Crippen molar-refractivity contribution in [3.8, 4) is 0 Å². The van der Waals surface area contributed by atoms with Crippen molar-refractivity contribution >= 4 is 38.4 Å². The van der Waals surface area contributed by atoms with Crippen molar-refractivity contribution in [2.24, 2.45) is 0 Å². The lowest BCUT2D eigenvalue weighted by Gasteiger charge is -2.28. The summed E-state index contributed by atoms with van der Waals surface area (Å²) in [7, 11) is -3.96. The van der Waals surface area contributed by atoms with Crippen molar-refractivity contribution in [2.75, 3.05) is 23.9 Å². The third kappa shape index (κ3) is 5.73. The van der Waals surface area contributed by atoms with Gasteiger partial charge in [0.1, 0.15) is 6.54 Å². The van der Waals surface area contributed by atoms with Gasteiger partial charge in [0.25, 0.3) is 10.0 Å². The minimum atomic E-state index is -3.96. The number of nitrogens with zero attached hydrogens (tertiary/aromatic N) is 2. The van der Waals surface area contributed by atoms with E-state index in [1.807, 2.05) is 19.1 Å². The molecule has 0 radical (unpaired) electrons. The summed E-state index contributed by atoms with van der Waals surface area (Å²) in [5.41, 5.74) is 2.02. The number of carbonyl (C=O) groups is 1. The molecule has 0 aromatic heterocycles. The van der Waals surface area contributed by atoms with Crippen molar-refractivity contribution in [1.29, 1.82) is 5.41 Å². The normalized spacial score (nSPS) is 11.0. The predicted octanol–water partition coefficient (Wildman–Crippen LogP) is 4.20. The van der Waals surface area contributed by atoms with Gasteiger partial charge in [0.15, 0.2) is 0 Å². The van der Waals surface area contributed by atoms with Crippen LogP contribution in [0.5, 0.6) is 0 Å². The number of hydrogen-bond donors (Lipinski definition) is 1. The van der Waals surface area contributed by atoms with E-state index in [1.54, 1.807) is 50.2 Å². The van der Waals surface area contributed by atoms with E-state index in [9.17, 15) is 13.2 Å². The van der Waals surface area contributed by atoms with E-state index in [1.165, 1.54) is 10.3 Å². The number of sulfonamides is 1. The van der Waals surface area contributed by atoms with Gasteiger partial charge in [-0.05, 0) is 49.9 Å². The number of likely N-dealkylation sites (N-methyl/N-ethyl adjacent to an activating group) is 1. The van der Waals surface area contributed by atoms with Gasteiger partial charge in [0, 0.05) is 6.54 Å². The maximum absolute atomic E-state index is 13.5. The van der Waals surface area contributed by atoms with E-state index in [2.05, 4.69) is 6.58 Å². The molecule has 0 spiro atoms. The fourth-order valence-corrected chi connectivity index (χ4v) is 4.98. The van der Waals surface area contributed by atoms with Gasteiger partial charge in [0.2, 0.25) is 5.91 Å². The zero-order valence-corrected chi connectivity index (χ0v) is 19.1. The standard InChI is InChI=1S/C22H27N3O3S2/c1-5-24(15-21(23)29-6-2)22(26)16-25(19-13-11-17(3)12-14-19)30(27,28)20-10-8-7-9-18(20)4/h6-14,23H,2,5,15-16H2,1,3-4H3. The van der Waals surface area contributed by atoms with Crippen molar-refractivity contribution < 1.29 is 13.2 Å². The van der Waals surface area contributed by atoms with Gasteiger partial charge in [0.05, 0.1) is 22.2 Å². The molecule has 2 aromatic rings. The van der Waals surface area contributed by atoms with E-state index in [0.29, 0.717) is 17.8 Å². The van der Waals surface area contributed by atoms with Crippen LogP contribution >= 0.6 is 11.8 Å². The maximum Gasteiger partial charge on any atom is 0.265 e. The second-order valence-corrected chi connectivity index (χ2v) is 9.62. The first-order valence-electron chi connectivity index (χ1n) is 9.48. The first-order chi connectivity index (χ1) is 14.2. The molecule has 0 heterocycles. The lowest BCUT2D eigenvalue weighted by Crippen LogP contribution is -2.44. The van der Waals surface area contributed by atoms with Gasteiger partial charge in [-0.2, -0.15) is 0 Å². The van der Waals surface area contributed by atoms with Crippen molar-refractivity contribution in [2.45, 2.75) is 25.7 Å². The van der Waals surface area contributed by atoms with E-state index in [-0.39, 0.29) is 28.9 Å². The fraction of sp³-hybridized carbons (Fsp3) is 0.273. The molecule has 30 heavy (non-hydrogen) atoms. The van der Waals surface area contributed by atoms with Crippen LogP contribution in [-0.4, -0.2) is 43.9 Å². The third-order valence-electron chi connectivity index (χ3n) is 4.56. The summed E-state index contributed by atoms with van der Waals surface area (Å²) in [4.78, 5) is 14.6. The molecule has 160 valence electrons. The summed E-state index contributed by atoms with van der Waals surface area (Å²) in [6.07, 6.45) is 0. The Morgan fingerprint density at radius 1 is 1.10 bits per heavy atom. The Morgan fingerprint density at radius 2 is 1.73 bits per heavy atom. The smallest absolute Gasteiger partial charge is 0.265 e. The summed E-state index contributed by atoms with van der Waals surface area (Å²) in [6.45, 7) is 9.15. The minimum absolute atomic E-state index is 0.109. The Balaban J connectivity index is 2.43. The Bertz CT molecular complexity index is 1020. The molecule has 0 atom stereocenters. The Morgan fingerprint density at radius 3 is 2.30 bits per heavy atom. The SMILES string of the molecule is C=CSC(=N)CN(CC)C(=O)CN(c1ccc(C)cc1)S(=O)(=O)c1ccccc1C. The second-order valence-electron chi connectivity index (χ2n) is 6.73. The molecule has 2 rings (SSSR count). The molecule has 0 unspecified atom stereocenters. The highest BCUT2D eigenvalue weighted by Gasteiger charge is 2.30. The van der Waals surface area contributed by atoms with Crippen LogP contribution < -0.4 is 4.31 Å². The molecular formula is C22H27N3O3S2. The topological polar surface area (TPSA) is 81.5 Å². The molecule has 0 fully saturated rings. The van der Waals surface area contributed by atoms with Crippen LogP contribution in [0.25, 0.3) is 0 Å². The van der Waals surface area contributed by atoms with Gasteiger partial charge in [-0.1, -0.05) is 54.2 Å². The first kappa shape index (κ1) is 23.7. The first-order valence-corrected chi connectivity index (χ1v) is 11.8. The average Bonchev–Trinajstić information content (AvgIpc) is 2.71. The lowest BCUT2D eigenvalue weighted by atomic mass is 10.2. The number of thioether (sulfide) groups is 1. The van der Waals surface area contributed by atoms with Gasteiger partial charge >= 0.3 is 0 Å². The van der Waals surface area contributed by atoms with Crippen molar-refractivity contribution in [3.05, 3.63) is 71.6 Å². The molecular weight excluding hydrogens is 418 g/mol. The molecule has 0 aliphatic rings. The highest BCUT2D eigenvalue weighted by atomic mass is 32.2. The van der Waals surface area contributed by atoms with Crippen molar-refractivity contribution in [1.82, 2.24) is 4.90 Å². The zero-order chi connectivity index (χ0) is 22.3. The van der Waals surface area contributed by atoms with Crippen molar-refractivity contribution in [3.63, 3.8) is 0 Å². The molecule has 8 heteroatoms. The predicted molar refractivity (Wildman–Crippen MR) is 125 cm³/mol. The molecule has 0 saturated carbocycles. The number of amides is 1. The molecule has 0 bridgehead atoms. The van der Waals surface area contributed by atoms with Gasteiger partial charge in [-0.15, -0.1) is 0 Å². The van der Waals surface area contributed by atoms with E-state index >= 15 is 0 Å². The van der Waals surface area contributed by atoms with Crippen LogP contribution in [0.2, 0.25) is 0 Å². The molecule has 0 aliphatic carbocycles. The number of hydrogen-bond acceptors (Lipinski definition) is 5. The lowest BCUT2D eigenvalue weighted by molar-refractivity contribution is -0.128. The third-order valence-corrected chi connectivity index (χ3v) is 7.07. The summed E-state index contributed by atoms with van der Waals surface area (Å²) < 4.78 is 28.2. The second kappa shape index (κ2) is 10.4. The molecule has 1 N–H and O–H groups in total. The summed E-state index contributed by atoms with van der Waals surface area (Å²) in [6, 6.07) is 13.7. The van der Waals surface area contributed by atoms with E-state index < -0.39 is 10.0 Å². The molecule has 1 amide bonds. The molecule has 2 aromatic carbocycles. The highest BCUT2D eigenvalue weighted by molar-refractivity contribution is 8.16. The van der Waals surface area contributed by atoms with Crippen LogP contribution in [0.1, 0.15) is 18.1 Å². The van der Waals surface area contributed by atoms with Crippen LogP contribution in [0, 0.1) is 19.3 Å². The number of nitrogens with one attached hydrogen (secondary N) is 1. The van der Waals surface area contributed by atoms with Gasteiger partial charge < -0.3 is 4.90 Å². The number of carbonyl (C=O) groups excluding carboxylic acids is 1. The summed E-state index contributed by atoms with van der Waals surface area (Å²) >= 11 is 1.14. The van der Waals surface area contributed by atoms with Crippen LogP contribution in [-0.2, 0) is 14.8 Å². The Kier molecular flexibility index (Phi) is 8.25. The van der Waals surface area contributed by atoms with Crippen LogP contribution in [0.3, 0.4) is 0 Å². The largest absolute Gasteiger partial charge is 0.335 e. The average molecular weight is 446 g/mol. The van der Waals surface area contributed by atoms with E-state index in [4.69, 9.17) is 5.41 Å². The maximum atomic E-state index is 13.5. The fourth-order valence-electron chi connectivity index (χ4n) is 2.90. The molecule has 6 nitrogen and oxygen atoms in total. The number of anilines is 1. The Labute approximate surface area is 183 Å². The minimum Gasteiger partial charge on any atom is -0.335 e. The van der Waals surface area contributed by atoms with Crippen LogP contribution in [0.15, 0.2) is 65.4 Å². The summed E-state index contributed by atoms with van der Waals surface area (Å²) in [5, 5.41) is 9.73.